The van der Waals surface area contributed by atoms with Gasteiger partial charge in [0.15, 0.2) is 0 Å². The molecule has 8 atom stereocenters. The van der Waals surface area contributed by atoms with Crippen molar-refractivity contribution in [3.63, 3.8) is 0 Å². The predicted molar refractivity (Wildman–Crippen MR) is 134 cm³/mol. The Labute approximate surface area is 201 Å². The van der Waals surface area contributed by atoms with Gasteiger partial charge in [-0.25, -0.2) is 0 Å². The van der Waals surface area contributed by atoms with Crippen LogP contribution in [0.25, 0.3) is 0 Å². The van der Waals surface area contributed by atoms with Gasteiger partial charge in [0.2, 0.25) is 11.8 Å². The Kier molecular flexibility index (Phi) is 14.4. The van der Waals surface area contributed by atoms with Gasteiger partial charge in [0.1, 0.15) is 0 Å². The van der Waals surface area contributed by atoms with Crippen LogP contribution in [0, 0.1) is 23.7 Å². The van der Waals surface area contributed by atoms with E-state index in [-0.39, 0.29) is 67.2 Å². The van der Waals surface area contributed by atoms with Gasteiger partial charge in [-0.2, -0.15) is 0 Å². The van der Waals surface area contributed by atoms with Crippen molar-refractivity contribution in [3.8, 4) is 0 Å². The van der Waals surface area contributed by atoms with Gasteiger partial charge < -0.3 is 32.3 Å². The van der Waals surface area contributed by atoms with Crippen molar-refractivity contribution in [2.45, 2.75) is 124 Å². The van der Waals surface area contributed by atoms with Crippen molar-refractivity contribution >= 4 is 11.8 Å². The summed E-state index contributed by atoms with van der Waals surface area (Å²) < 4.78 is 0. The zero-order valence-electron chi connectivity index (χ0n) is 20.9. The Morgan fingerprint density at radius 2 is 1.03 bits per heavy atom. The first-order chi connectivity index (χ1) is 14.8. The highest BCUT2D eigenvalue weighted by atomic mass is 16.3. The Balaban J connectivity index is 0.000000602. The molecule has 33 heavy (non-hydrogen) atoms. The van der Waals surface area contributed by atoms with Gasteiger partial charge in [0, 0.05) is 12.1 Å². The van der Waals surface area contributed by atoms with E-state index < -0.39 is 12.1 Å². The van der Waals surface area contributed by atoms with E-state index in [0.29, 0.717) is 0 Å². The molecule has 0 aromatic carbocycles. The lowest BCUT2D eigenvalue weighted by atomic mass is 9.84. The lowest BCUT2D eigenvalue weighted by Gasteiger charge is -2.32. The molecule has 2 aliphatic rings. The number of amides is 2. The highest BCUT2D eigenvalue weighted by Crippen LogP contribution is 2.25. The normalized spacial score (nSPS) is 31.5. The van der Waals surface area contributed by atoms with Gasteiger partial charge in [-0.15, -0.1) is 0 Å². The number of rotatable bonds is 6. The Hall–Kier alpha value is -1.22. The minimum Gasteiger partial charge on any atom is -0.393 e. The number of aliphatic hydroxyl groups excluding tert-OH is 2. The summed E-state index contributed by atoms with van der Waals surface area (Å²) in [4.78, 5) is 23.5. The molecular weight excluding hydrogens is 420 g/mol. The monoisotopic (exact) mass is 472 g/mol. The zero-order valence-corrected chi connectivity index (χ0v) is 20.9. The van der Waals surface area contributed by atoms with Crippen molar-refractivity contribution in [2.24, 2.45) is 35.1 Å². The molecule has 0 heterocycles. The van der Waals surface area contributed by atoms with E-state index in [1.165, 1.54) is 0 Å². The van der Waals surface area contributed by atoms with Crippen molar-refractivity contribution < 1.29 is 19.8 Å². The maximum Gasteiger partial charge on any atom is 0.237 e. The van der Waals surface area contributed by atoms with E-state index >= 15 is 0 Å². The van der Waals surface area contributed by atoms with E-state index in [1.54, 1.807) is 0 Å². The van der Waals surface area contributed by atoms with Gasteiger partial charge in [-0.1, -0.05) is 49.0 Å². The maximum atomic E-state index is 11.7. The fourth-order valence-corrected chi connectivity index (χ4v) is 4.22. The van der Waals surface area contributed by atoms with Crippen LogP contribution >= 0.6 is 0 Å². The largest absolute Gasteiger partial charge is 0.393 e. The number of nitrogens with one attached hydrogen (secondary N) is 2. The van der Waals surface area contributed by atoms with Crippen LogP contribution in [0.15, 0.2) is 0 Å². The fourth-order valence-electron chi connectivity index (χ4n) is 4.22. The molecule has 8 nitrogen and oxygen atoms in total. The minimum atomic E-state index is -0.429. The van der Waals surface area contributed by atoms with Crippen LogP contribution in [0.1, 0.15) is 87.5 Å². The molecule has 2 amide bonds. The topological polar surface area (TPSA) is 151 Å². The first-order valence-electron chi connectivity index (χ1n) is 12.3. The number of hydrogen-bond donors (Lipinski definition) is 6. The summed E-state index contributed by atoms with van der Waals surface area (Å²) in [7, 11) is 0. The standard InChI is InChI=1S/2C12H24N2O2.CH4/c2*1-7(2)11(13)12(16)14-9-4-5-10(15)8(3)6-9;/h2*7-11,15H,4-6,13H2,1-3H3,(H,14,16);1H4/t8-,9+,10-,11+;8-,9+,10-,11-;/m01./s1. The lowest BCUT2D eigenvalue weighted by Crippen LogP contribution is -2.50. The molecule has 0 spiro atoms. The number of aliphatic hydroxyl groups is 2. The van der Waals surface area contributed by atoms with Crippen LogP contribution in [-0.4, -0.2) is 58.4 Å². The van der Waals surface area contributed by atoms with E-state index in [2.05, 4.69) is 10.6 Å². The maximum absolute atomic E-state index is 11.7. The Morgan fingerprint density at radius 3 is 1.27 bits per heavy atom. The Bertz CT molecular complexity index is 537. The minimum absolute atomic E-state index is 0. The smallest absolute Gasteiger partial charge is 0.237 e. The van der Waals surface area contributed by atoms with Gasteiger partial charge in [0.25, 0.3) is 0 Å². The van der Waals surface area contributed by atoms with E-state index in [0.717, 1.165) is 38.5 Å². The molecule has 0 radical (unpaired) electrons. The fraction of sp³-hybridized carbons (Fsp3) is 0.920. The summed E-state index contributed by atoms with van der Waals surface area (Å²) in [6.45, 7) is 11.8. The quantitative estimate of drug-likeness (QED) is 0.347. The highest BCUT2D eigenvalue weighted by Gasteiger charge is 2.29. The average Bonchev–Trinajstić information content (AvgIpc) is 2.72. The van der Waals surface area contributed by atoms with E-state index in [4.69, 9.17) is 11.5 Å². The summed E-state index contributed by atoms with van der Waals surface area (Å²) in [5.41, 5.74) is 11.6. The molecule has 2 rings (SSSR count). The molecule has 0 saturated heterocycles. The van der Waals surface area contributed by atoms with Crippen LogP contribution < -0.4 is 22.1 Å². The third-order valence-corrected chi connectivity index (χ3v) is 6.98. The third-order valence-electron chi connectivity index (χ3n) is 6.98. The van der Waals surface area contributed by atoms with Crippen molar-refractivity contribution in [1.82, 2.24) is 10.6 Å². The van der Waals surface area contributed by atoms with E-state index in [1.807, 2.05) is 41.5 Å². The molecule has 8 N–H and O–H groups in total. The molecule has 0 unspecified atom stereocenters. The second-order valence-corrected chi connectivity index (χ2v) is 10.7. The zero-order chi connectivity index (χ0) is 24.6. The molecular formula is C25H52N4O4. The summed E-state index contributed by atoms with van der Waals surface area (Å²) >= 11 is 0. The summed E-state index contributed by atoms with van der Waals surface area (Å²) in [6, 6.07) is -0.504. The SMILES string of the molecule is C.CC(C)[C@@H](N)C(=O)N[C@@H]1CC[C@H](O)[C@@H](C)C1.CC(C)[C@@H](N)C(=O)N[C@H]1CC[C@@H](O)[C@H](C)C1. The van der Waals surface area contributed by atoms with Gasteiger partial charge in [0.05, 0.1) is 24.3 Å². The number of nitrogens with two attached hydrogens (primary N) is 2. The Morgan fingerprint density at radius 1 is 0.727 bits per heavy atom. The van der Waals surface area contributed by atoms with Crippen molar-refractivity contribution in [3.05, 3.63) is 0 Å². The summed E-state index contributed by atoms with van der Waals surface area (Å²) in [5.74, 6) is 0.703. The molecule has 0 aromatic rings. The summed E-state index contributed by atoms with van der Waals surface area (Å²) in [5, 5.41) is 25.1. The first kappa shape index (κ1) is 31.8. The predicted octanol–water partition coefficient (Wildman–Crippen LogP) is 1.91. The molecule has 0 bridgehead atoms. The van der Waals surface area contributed by atoms with Crippen LogP contribution in [0.4, 0.5) is 0 Å². The van der Waals surface area contributed by atoms with Crippen LogP contribution in [-0.2, 0) is 9.59 Å². The van der Waals surface area contributed by atoms with Crippen LogP contribution in [0.2, 0.25) is 0 Å². The molecule has 2 saturated carbocycles. The van der Waals surface area contributed by atoms with Gasteiger partial charge in [-0.3, -0.25) is 9.59 Å². The van der Waals surface area contributed by atoms with Crippen molar-refractivity contribution in [2.75, 3.05) is 0 Å². The molecule has 2 fully saturated rings. The number of carbonyl (C=O) groups excluding carboxylic acids is 2. The van der Waals surface area contributed by atoms with Gasteiger partial charge >= 0.3 is 0 Å². The molecule has 0 aromatic heterocycles. The third kappa shape index (κ3) is 10.7. The van der Waals surface area contributed by atoms with Gasteiger partial charge in [-0.05, 0) is 62.2 Å². The lowest BCUT2D eigenvalue weighted by molar-refractivity contribution is -0.125. The number of hydrogen-bond acceptors (Lipinski definition) is 6. The van der Waals surface area contributed by atoms with E-state index in [9.17, 15) is 19.8 Å². The molecule has 8 heteroatoms. The second kappa shape index (κ2) is 14.9. The molecule has 0 aliphatic heterocycles. The van der Waals surface area contributed by atoms with Crippen LogP contribution in [0.3, 0.4) is 0 Å². The average molecular weight is 473 g/mol. The second-order valence-electron chi connectivity index (χ2n) is 10.7. The highest BCUT2D eigenvalue weighted by molar-refractivity contribution is 5.82. The van der Waals surface area contributed by atoms with Crippen molar-refractivity contribution in [1.29, 1.82) is 0 Å². The first-order valence-corrected chi connectivity index (χ1v) is 12.3. The van der Waals surface area contributed by atoms with Crippen LogP contribution in [0.5, 0.6) is 0 Å². The molecule has 2 aliphatic carbocycles. The summed E-state index contributed by atoms with van der Waals surface area (Å²) in [6.07, 6.45) is 4.49. The molecule has 196 valence electrons. The number of carbonyl (C=O) groups is 2.